The van der Waals surface area contributed by atoms with Gasteiger partial charge < -0.3 is 15.0 Å². The average Bonchev–Trinajstić information content (AvgIpc) is 3.01. The molecule has 22 heavy (non-hydrogen) atoms. The number of aromatic nitrogens is 1. The first-order valence-corrected chi connectivity index (χ1v) is 7.21. The monoisotopic (exact) mass is 304 g/mol. The first kappa shape index (κ1) is 14.6. The SMILES string of the molecule is Cc1cc(F)cc2[nH]c(C(=O)N3CCC(C(=O)O)C3C)cc12. The Morgan fingerprint density at radius 1 is 1.36 bits per heavy atom. The van der Waals surface area contributed by atoms with Gasteiger partial charge >= 0.3 is 5.97 Å². The van der Waals surface area contributed by atoms with E-state index in [0.29, 0.717) is 24.2 Å². The Hall–Kier alpha value is -2.37. The summed E-state index contributed by atoms with van der Waals surface area (Å²) in [5.41, 5.74) is 1.69. The van der Waals surface area contributed by atoms with E-state index in [1.807, 2.05) is 0 Å². The van der Waals surface area contributed by atoms with Gasteiger partial charge in [-0.1, -0.05) is 0 Å². The minimum Gasteiger partial charge on any atom is -0.481 e. The van der Waals surface area contributed by atoms with Gasteiger partial charge in [0.25, 0.3) is 5.91 Å². The Balaban J connectivity index is 1.93. The standard InChI is InChI=1S/C16H17FN2O3/c1-8-5-10(17)6-13-12(8)7-14(18-13)15(20)19-4-3-11(9(19)2)16(21)22/h5-7,9,11,18H,3-4H2,1-2H3,(H,21,22). The summed E-state index contributed by atoms with van der Waals surface area (Å²) in [7, 11) is 0. The first-order chi connectivity index (χ1) is 10.4. The van der Waals surface area contributed by atoms with Gasteiger partial charge in [0, 0.05) is 23.5 Å². The van der Waals surface area contributed by atoms with Gasteiger partial charge in [-0.05, 0) is 44.0 Å². The van der Waals surface area contributed by atoms with Crippen LogP contribution < -0.4 is 0 Å². The number of H-pyrrole nitrogens is 1. The molecule has 1 aromatic carbocycles. The van der Waals surface area contributed by atoms with Gasteiger partial charge in [-0.2, -0.15) is 0 Å². The number of benzene rings is 1. The smallest absolute Gasteiger partial charge is 0.308 e. The first-order valence-electron chi connectivity index (χ1n) is 7.21. The number of carboxylic acid groups (broad SMARTS) is 1. The topological polar surface area (TPSA) is 73.4 Å². The van der Waals surface area contributed by atoms with Crippen molar-refractivity contribution in [2.24, 2.45) is 5.92 Å². The number of aliphatic carboxylic acids is 1. The number of halogens is 1. The van der Waals surface area contributed by atoms with Crippen LogP contribution in [0.4, 0.5) is 4.39 Å². The predicted octanol–water partition coefficient (Wildman–Crippen LogP) is 2.55. The van der Waals surface area contributed by atoms with E-state index in [0.717, 1.165) is 10.9 Å². The molecular formula is C16H17FN2O3. The van der Waals surface area contributed by atoms with Crippen molar-refractivity contribution in [2.45, 2.75) is 26.3 Å². The molecule has 2 unspecified atom stereocenters. The van der Waals surface area contributed by atoms with Gasteiger partial charge in [0.1, 0.15) is 11.5 Å². The van der Waals surface area contributed by atoms with Gasteiger partial charge in [0.2, 0.25) is 0 Å². The summed E-state index contributed by atoms with van der Waals surface area (Å²) in [6.45, 7) is 3.95. The van der Waals surface area contributed by atoms with Gasteiger partial charge in [0.05, 0.1) is 5.92 Å². The highest BCUT2D eigenvalue weighted by atomic mass is 19.1. The van der Waals surface area contributed by atoms with Crippen LogP contribution in [0, 0.1) is 18.7 Å². The van der Waals surface area contributed by atoms with Gasteiger partial charge in [-0.15, -0.1) is 0 Å². The van der Waals surface area contributed by atoms with E-state index in [4.69, 9.17) is 5.11 Å². The van der Waals surface area contributed by atoms with Crippen LogP contribution in [0.5, 0.6) is 0 Å². The number of aromatic amines is 1. The lowest BCUT2D eigenvalue weighted by Crippen LogP contribution is -2.37. The molecule has 1 aliphatic rings. The summed E-state index contributed by atoms with van der Waals surface area (Å²) in [4.78, 5) is 28.3. The number of nitrogens with zero attached hydrogens (tertiary/aromatic N) is 1. The van der Waals surface area contributed by atoms with Gasteiger partial charge in [-0.25, -0.2) is 4.39 Å². The number of carbonyl (C=O) groups is 2. The Morgan fingerprint density at radius 2 is 2.09 bits per heavy atom. The van der Waals surface area contributed by atoms with E-state index in [-0.39, 0.29) is 17.8 Å². The predicted molar refractivity (Wildman–Crippen MR) is 79.2 cm³/mol. The molecule has 2 heterocycles. The second kappa shape index (κ2) is 5.12. The number of likely N-dealkylation sites (tertiary alicyclic amines) is 1. The Bertz CT molecular complexity index is 768. The molecule has 2 aromatic rings. The number of amides is 1. The fourth-order valence-corrected chi connectivity index (χ4v) is 3.20. The number of fused-ring (bicyclic) bond motifs is 1. The molecule has 1 amide bonds. The zero-order chi connectivity index (χ0) is 16.0. The maximum Gasteiger partial charge on any atom is 0.308 e. The summed E-state index contributed by atoms with van der Waals surface area (Å²) in [6, 6.07) is 4.12. The minimum absolute atomic E-state index is 0.243. The lowest BCUT2D eigenvalue weighted by Gasteiger charge is -2.22. The number of carbonyl (C=O) groups excluding carboxylic acids is 1. The van der Waals surface area contributed by atoms with E-state index in [2.05, 4.69) is 4.98 Å². The van der Waals surface area contributed by atoms with Crippen molar-refractivity contribution in [3.8, 4) is 0 Å². The molecule has 0 spiro atoms. The number of aryl methyl sites for hydroxylation is 1. The number of rotatable bonds is 2. The van der Waals surface area contributed by atoms with Gasteiger partial charge in [-0.3, -0.25) is 9.59 Å². The van der Waals surface area contributed by atoms with Crippen LogP contribution in [-0.4, -0.2) is 39.5 Å². The molecular weight excluding hydrogens is 287 g/mol. The molecule has 0 radical (unpaired) electrons. The van der Waals surface area contributed by atoms with Crippen LogP contribution in [0.15, 0.2) is 18.2 Å². The maximum atomic E-state index is 13.4. The van der Waals surface area contributed by atoms with Crippen molar-refractivity contribution in [1.82, 2.24) is 9.88 Å². The number of hydrogen-bond donors (Lipinski definition) is 2. The third-order valence-electron chi connectivity index (χ3n) is 4.47. The number of carboxylic acids is 1. The molecule has 1 fully saturated rings. The summed E-state index contributed by atoms with van der Waals surface area (Å²) in [5.74, 6) is -2.01. The molecule has 3 rings (SSSR count). The Morgan fingerprint density at radius 3 is 2.73 bits per heavy atom. The Labute approximate surface area is 126 Å². The number of nitrogens with one attached hydrogen (secondary N) is 1. The zero-order valence-corrected chi connectivity index (χ0v) is 12.4. The molecule has 5 nitrogen and oxygen atoms in total. The summed E-state index contributed by atoms with van der Waals surface area (Å²) in [5, 5.41) is 9.95. The largest absolute Gasteiger partial charge is 0.481 e. The molecule has 116 valence electrons. The van der Waals surface area contributed by atoms with Crippen LogP contribution in [0.25, 0.3) is 10.9 Å². The molecule has 2 N–H and O–H groups in total. The van der Waals surface area contributed by atoms with Crippen molar-refractivity contribution >= 4 is 22.8 Å². The highest BCUT2D eigenvalue weighted by Gasteiger charge is 2.38. The quantitative estimate of drug-likeness (QED) is 0.895. The van der Waals surface area contributed by atoms with Crippen molar-refractivity contribution in [3.63, 3.8) is 0 Å². The van der Waals surface area contributed by atoms with Crippen molar-refractivity contribution in [3.05, 3.63) is 35.3 Å². The van der Waals surface area contributed by atoms with Crippen LogP contribution in [-0.2, 0) is 4.79 Å². The minimum atomic E-state index is -0.877. The lowest BCUT2D eigenvalue weighted by atomic mass is 10.0. The van der Waals surface area contributed by atoms with Crippen LogP contribution in [0.2, 0.25) is 0 Å². The molecule has 0 saturated carbocycles. The van der Waals surface area contributed by atoms with Crippen molar-refractivity contribution < 1.29 is 19.1 Å². The van der Waals surface area contributed by atoms with E-state index in [1.54, 1.807) is 24.8 Å². The molecule has 0 aliphatic carbocycles. The normalized spacial score (nSPS) is 21.5. The van der Waals surface area contributed by atoms with Gasteiger partial charge in [0.15, 0.2) is 0 Å². The second-order valence-corrected chi connectivity index (χ2v) is 5.84. The highest BCUT2D eigenvalue weighted by Crippen LogP contribution is 2.27. The fourth-order valence-electron chi connectivity index (χ4n) is 3.20. The van der Waals surface area contributed by atoms with E-state index in [9.17, 15) is 14.0 Å². The molecule has 0 bridgehead atoms. The average molecular weight is 304 g/mol. The summed E-state index contributed by atoms with van der Waals surface area (Å²) < 4.78 is 13.4. The molecule has 6 heteroatoms. The molecule has 1 aliphatic heterocycles. The maximum absolute atomic E-state index is 13.4. The van der Waals surface area contributed by atoms with E-state index >= 15 is 0 Å². The number of hydrogen-bond acceptors (Lipinski definition) is 2. The lowest BCUT2D eigenvalue weighted by molar-refractivity contribution is -0.142. The van der Waals surface area contributed by atoms with Crippen molar-refractivity contribution in [2.75, 3.05) is 6.54 Å². The summed E-state index contributed by atoms with van der Waals surface area (Å²) in [6.07, 6.45) is 0.454. The zero-order valence-electron chi connectivity index (χ0n) is 12.4. The molecule has 2 atom stereocenters. The molecule has 1 saturated heterocycles. The fraction of sp³-hybridized carbons (Fsp3) is 0.375. The third kappa shape index (κ3) is 2.24. The Kier molecular flexibility index (Phi) is 3.39. The molecule has 1 aromatic heterocycles. The van der Waals surface area contributed by atoms with Crippen molar-refractivity contribution in [1.29, 1.82) is 0 Å². The van der Waals surface area contributed by atoms with Crippen LogP contribution >= 0.6 is 0 Å². The van der Waals surface area contributed by atoms with Crippen LogP contribution in [0.3, 0.4) is 0 Å². The highest BCUT2D eigenvalue weighted by molar-refractivity contribution is 5.99. The van der Waals surface area contributed by atoms with E-state index in [1.165, 1.54) is 12.1 Å². The second-order valence-electron chi connectivity index (χ2n) is 5.84. The summed E-state index contributed by atoms with van der Waals surface area (Å²) >= 11 is 0. The van der Waals surface area contributed by atoms with Crippen LogP contribution in [0.1, 0.15) is 29.4 Å². The van der Waals surface area contributed by atoms with E-state index < -0.39 is 11.9 Å². The third-order valence-corrected chi connectivity index (χ3v) is 4.47.